The Hall–Kier alpha value is -4.14. The number of hydrogen-bond donors (Lipinski definition) is 2. The lowest BCUT2D eigenvalue weighted by Crippen LogP contribution is -2.17. The first-order chi connectivity index (χ1) is 13.9. The van der Waals surface area contributed by atoms with Gasteiger partial charge in [-0.1, -0.05) is 24.3 Å². The first-order valence-electron chi connectivity index (χ1n) is 8.40. The highest BCUT2D eigenvalue weighted by Gasteiger charge is 2.19. The number of carbonyl (C=O) groups is 1. The molecule has 9 nitrogen and oxygen atoms in total. The summed E-state index contributed by atoms with van der Waals surface area (Å²) in [5.41, 5.74) is 2.34. The molecule has 0 saturated carbocycles. The van der Waals surface area contributed by atoms with Gasteiger partial charge in [-0.3, -0.25) is 14.9 Å². The maximum atomic E-state index is 12.4. The first-order valence-corrected chi connectivity index (χ1v) is 8.40. The van der Waals surface area contributed by atoms with Crippen LogP contribution >= 0.6 is 0 Å². The fraction of sp³-hybridized carbons (Fsp3) is 0.100. The predicted molar refractivity (Wildman–Crippen MR) is 107 cm³/mol. The van der Waals surface area contributed by atoms with Crippen molar-refractivity contribution in [2.45, 2.75) is 0 Å². The molecule has 148 valence electrons. The third-order valence-corrected chi connectivity index (χ3v) is 4.21. The third-order valence-electron chi connectivity index (χ3n) is 4.21. The molecule has 0 aliphatic rings. The van der Waals surface area contributed by atoms with E-state index >= 15 is 0 Å². The molecule has 0 saturated heterocycles. The summed E-state index contributed by atoms with van der Waals surface area (Å²) >= 11 is 0. The average Bonchev–Trinajstić information content (AvgIpc) is 2.72. The zero-order valence-corrected chi connectivity index (χ0v) is 15.6. The van der Waals surface area contributed by atoms with Crippen molar-refractivity contribution in [3.8, 4) is 17.2 Å². The average molecular weight is 395 g/mol. The molecular weight excluding hydrogens is 378 g/mol. The molecule has 0 spiro atoms. The van der Waals surface area contributed by atoms with Crippen molar-refractivity contribution in [2.75, 3.05) is 14.2 Å². The van der Waals surface area contributed by atoms with E-state index < -0.39 is 10.8 Å². The van der Waals surface area contributed by atoms with Gasteiger partial charge in [0.15, 0.2) is 0 Å². The number of rotatable bonds is 6. The number of hydrazone groups is 1. The Labute approximate surface area is 165 Å². The quantitative estimate of drug-likeness (QED) is 0.375. The summed E-state index contributed by atoms with van der Waals surface area (Å²) in [5.74, 6) is -0.506. The van der Waals surface area contributed by atoms with Gasteiger partial charge in [-0.2, -0.15) is 5.10 Å². The van der Waals surface area contributed by atoms with Gasteiger partial charge in [0.1, 0.15) is 11.5 Å². The van der Waals surface area contributed by atoms with Crippen LogP contribution in [-0.2, 0) is 0 Å². The van der Waals surface area contributed by atoms with Crippen LogP contribution in [-0.4, -0.2) is 36.4 Å². The van der Waals surface area contributed by atoms with Crippen LogP contribution < -0.4 is 14.9 Å². The number of nitro benzene ring substituents is 1. The summed E-state index contributed by atoms with van der Waals surface area (Å²) in [7, 11) is 2.70. The molecule has 0 unspecified atom stereocenters. The molecule has 0 radical (unpaired) electrons. The molecule has 0 aliphatic carbocycles. The molecule has 1 amide bonds. The molecule has 2 N–H and O–H groups in total. The number of phenols is 1. The number of benzene rings is 3. The van der Waals surface area contributed by atoms with Crippen molar-refractivity contribution in [3.63, 3.8) is 0 Å². The molecule has 0 heterocycles. The monoisotopic (exact) mass is 395 g/mol. The number of methoxy groups -OCH3 is 2. The molecule has 0 bridgehead atoms. The predicted octanol–water partition coefficient (Wildman–Crippen LogP) is 3.23. The van der Waals surface area contributed by atoms with E-state index in [-0.39, 0.29) is 34.1 Å². The number of ether oxygens (including phenoxy) is 2. The van der Waals surface area contributed by atoms with E-state index in [9.17, 15) is 20.0 Å². The van der Waals surface area contributed by atoms with Crippen molar-refractivity contribution < 1.29 is 24.3 Å². The smallest absolute Gasteiger partial charge is 0.311 e. The van der Waals surface area contributed by atoms with E-state index in [1.807, 2.05) is 24.3 Å². The molecule has 0 aliphatic heterocycles. The van der Waals surface area contributed by atoms with E-state index in [4.69, 9.17) is 9.47 Å². The summed E-state index contributed by atoms with van der Waals surface area (Å²) in [6.45, 7) is 0. The fourth-order valence-corrected chi connectivity index (χ4v) is 2.78. The number of hydrogen-bond acceptors (Lipinski definition) is 7. The van der Waals surface area contributed by atoms with Crippen molar-refractivity contribution in [3.05, 3.63) is 69.8 Å². The Morgan fingerprint density at radius 3 is 2.38 bits per heavy atom. The Morgan fingerprint density at radius 2 is 1.76 bits per heavy atom. The van der Waals surface area contributed by atoms with Gasteiger partial charge in [-0.15, -0.1) is 0 Å². The first kappa shape index (κ1) is 19.6. The van der Waals surface area contributed by atoms with E-state index in [0.717, 1.165) is 10.8 Å². The zero-order valence-electron chi connectivity index (χ0n) is 15.6. The highest BCUT2D eigenvalue weighted by atomic mass is 16.6. The summed E-state index contributed by atoms with van der Waals surface area (Å²) in [6, 6.07) is 12.9. The standard InChI is InChI=1S/C20H17N3O6/c1-28-18-10-19(29-2)16(23(26)27)8-14(18)11-21-22-20(25)15-7-12-5-3-4-6-13(12)9-17(15)24/h3-11,24H,1-2H3,(H,22,25). The lowest BCUT2D eigenvalue weighted by Gasteiger charge is -2.08. The van der Waals surface area contributed by atoms with Crippen LogP contribution in [0.15, 0.2) is 53.6 Å². The van der Waals surface area contributed by atoms with E-state index in [2.05, 4.69) is 10.5 Å². The van der Waals surface area contributed by atoms with Gasteiger partial charge in [0.2, 0.25) is 5.75 Å². The molecule has 0 fully saturated rings. The third kappa shape index (κ3) is 4.08. The second-order valence-corrected chi connectivity index (χ2v) is 5.94. The van der Waals surface area contributed by atoms with Crippen LogP contribution in [0.4, 0.5) is 5.69 Å². The number of aromatic hydroxyl groups is 1. The molecule has 0 atom stereocenters. The van der Waals surface area contributed by atoms with Crippen LogP contribution in [0.1, 0.15) is 15.9 Å². The molecule has 3 aromatic carbocycles. The number of fused-ring (bicyclic) bond motifs is 1. The highest BCUT2D eigenvalue weighted by Crippen LogP contribution is 2.33. The van der Waals surface area contributed by atoms with Gasteiger partial charge in [-0.05, 0) is 22.9 Å². The summed E-state index contributed by atoms with van der Waals surface area (Å²) < 4.78 is 10.2. The Balaban J connectivity index is 1.86. The molecule has 3 aromatic rings. The Bertz CT molecular complexity index is 1130. The van der Waals surface area contributed by atoms with Gasteiger partial charge in [0, 0.05) is 17.7 Å². The normalized spacial score (nSPS) is 10.8. The molecule has 0 aromatic heterocycles. The van der Waals surface area contributed by atoms with Crippen LogP contribution in [0, 0.1) is 10.1 Å². The largest absolute Gasteiger partial charge is 0.507 e. The number of nitrogens with one attached hydrogen (secondary N) is 1. The number of nitrogens with zero attached hydrogens (tertiary/aromatic N) is 2. The molecular formula is C20H17N3O6. The zero-order chi connectivity index (χ0) is 21.0. The van der Waals surface area contributed by atoms with Gasteiger partial charge < -0.3 is 14.6 Å². The van der Waals surface area contributed by atoms with Gasteiger partial charge >= 0.3 is 5.69 Å². The maximum absolute atomic E-state index is 12.4. The summed E-state index contributed by atoms with van der Waals surface area (Å²) in [6.07, 6.45) is 1.21. The van der Waals surface area contributed by atoms with Crippen LogP contribution in [0.3, 0.4) is 0 Å². The Morgan fingerprint density at radius 1 is 1.10 bits per heavy atom. The minimum atomic E-state index is -0.633. The molecule has 9 heteroatoms. The second-order valence-electron chi connectivity index (χ2n) is 5.94. The highest BCUT2D eigenvalue weighted by molar-refractivity contribution is 6.01. The van der Waals surface area contributed by atoms with Crippen molar-refractivity contribution >= 4 is 28.6 Å². The summed E-state index contributed by atoms with van der Waals surface area (Å²) in [5, 5.41) is 26.7. The lowest BCUT2D eigenvalue weighted by molar-refractivity contribution is -0.385. The van der Waals surface area contributed by atoms with Gasteiger partial charge in [-0.25, -0.2) is 5.43 Å². The SMILES string of the molecule is COc1cc(OC)c([N+](=O)[O-])cc1C=NNC(=O)c1cc2ccccc2cc1O. The second kappa shape index (κ2) is 8.26. The van der Waals surface area contributed by atoms with Crippen molar-refractivity contribution in [1.82, 2.24) is 5.43 Å². The molecule has 29 heavy (non-hydrogen) atoms. The number of amides is 1. The lowest BCUT2D eigenvalue weighted by atomic mass is 10.1. The van der Waals surface area contributed by atoms with Crippen molar-refractivity contribution in [1.29, 1.82) is 0 Å². The molecule has 3 rings (SSSR count). The Kier molecular flexibility index (Phi) is 5.59. The van der Waals surface area contributed by atoms with Crippen LogP contribution in [0.25, 0.3) is 10.8 Å². The number of carbonyl (C=O) groups excluding carboxylic acids is 1. The van der Waals surface area contributed by atoms with Gasteiger partial charge in [0.25, 0.3) is 5.91 Å². The number of nitro groups is 1. The van der Waals surface area contributed by atoms with Crippen LogP contribution in [0.2, 0.25) is 0 Å². The minimum Gasteiger partial charge on any atom is -0.507 e. The van der Waals surface area contributed by atoms with E-state index in [1.54, 1.807) is 6.07 Å². The van der Waals surface area contributed by atoms with E-state index in [1.165, 1.54) is 38.6 Å². The topological polar surface area (TPSA) is 123 Å². The summed E-state index contributed by atoms with van der Waals surface area (Å²) in [4.78, 5) is 23.0. The van der Waals surface area contributed by atoms with E-state index in [0.29, 0.717) is 0 Å². The minimum absolute atomic E-state index is 0.0362. The van der Waals surface area contributed by atoms with Gasteiger partial charge in [0.05, 0.1) is 30.9 Å². The number of phenolic OH excluding ortho intramolecular Hbond substituents is 1. The fourth-order valence-electron chi connectivity index (χ4n) is 2.78. The maximum Gasteiger partial charge on any atom is 0.311 e. The van der Waals surface area contributed by atoms with Crippen LogP contribution in [0.5, 0.6) is 17.2 Å². The van der Waals surface area contributed by atoms with Crippen molar-refractivity contribution in [2.24, 2.45) is 5.10 Å².